The van der Waals surface area contributed by atoms with E-state index < -0.39 is 11.9 Å². The van der Waals surface area contributed by atoms with Crippen molar-refractivity contribution in [2.45, 2.75) is 0 Å². The maximum absolute atomic E-state index is 10.7. The second kappa shape index (κ2) is 5.30. The summed E-state index contributed by atoms with van der Waals surface area (Å²) in [6.45, 7) is -0.232. The Morgan fingerprint density at radius 3 is 2.68 bits per heavy atom. The number of benzene rings is 1. The number of carboxylic acid groups (broad SMARTS) is 1. The smallest absolute Gasteiger partial charge is 0.328 e. The third-order valence-electron chi connectivity index (χ3n) is 2.28. The van der Waals surface area contributed by atoms with Gasteiger partial charge in [0.1, 0.15) is 5.75 Å². The number of fused-ring (bicyclic) bond motifs is 1. The van der Waals surface area contributed by atoms with Gasteiger partial charge in [0, 0.05) is 17.7 Å². The Hall–Kier alpha value is -2.70. The zero-order valence-corrected chi connectivity index (χ0v) is 9.79. The number of rotatable bonds is 5. The topological polar surface area (TPSA) is 108 Å². The second-order valence-corrected chi connectivity index (χ2v) is 3.67. The molecule has 0 spiro atoms. The average molecular weight is 265 g/mol. The molecule has 0 unspecified atom stereocenters. The molecule has 0 fully saturated rings. The monoisotopic (exact) mass is 265 g/mol. The summed E-state index contributed by atoms with van der Waals surface area (Å²) < 4.78 is 15.5. The van der Waals surface area contributed by atoms with Crippen LogP contribution < -0.4 is 19.9 Å². The predicted molar refractivity (Wildman–Crippen MR) is 63.9 cm³/mol. The lowest BCUT2D eigenvalue weighted by Gasteiger charge is -2.08. The van der Waals surface area contributed by atoms with Crippen molar-refractivity contribution >= 4 is 18.0 Å². The van der Waals surface area contributed by atoms with Crippen LogP contribution in [0.3, 0.4) is 0 Å². The fraction of sp³-hybridized carbons (Fsp3) is 0.167. The Morgan fingerprint density at radius 1 is 1.37 bits per heavy atom. The Labute approximate surface area is 108 Å². The van der Waals surface area contributed by atoms with Gasteiger partial charge in [0.2, 0.25) is 6.79 Å². The maximum Gasteiger partial charge on any atom is 0.328 e. The number of hydrogen-bond donors (Lipinski definition) is 2. The van der Waals surface area contributed by atoms with Crippen molar-refractivity contribution in [3.05, 3.63) is 23.8 Å². The van der Waals surface area contributed by atoms with Crippen LogP contribution in [0, 0.1) is 0 Å². The van der Waals surface area contributed by atoms with Gasteiger partial charge in [0.15, 0.2) is 18.1 Å². The average Bonchev–Trinajstić information content (AvgIpc) is 2.79. The first kappa shape index (κ1) is 12.7. The van der Waals surface area contributed by atoms with Gasteiger partial charge in [-0.15, -0.1) is 0 Å². The molecular weight excluding hydrogens is 254 g/mol. The molecule has 1 aliphatic rings. The Bertz CT molecular complexity index is 551. The van der Waals surface area contributed by atoms with Crippen LogP contribution in [0.2, 0.25) is 0 Å². The van der Waals surface area contributed by atoms with Crippen LogP contribution in [0.25, 0.3) is 6.08 Å². The van der Waals surface area contributed by atoms with Gasteiger partial charge < -0.3 is 25.1 Å². The Morgan fingerprint density at radius 2 is 2.05 bits per heavy atom. The molecule has 0 aromatic heterocycles. The number of primary amides is 1. The molecule has 2 rings (SSSR count). The first-order chi connectivity index (χ1) is 9.06. The molecule has 3 N–H and O–H groups in total. The lowest BCUT2D eigenvalue weighted by Crippen LogP contribution is -2.20. The maximum atomic E-state index is 10.7. The summed E-state index contributed by atoms with van der Waals surface area (Å²) in [6.07, 6.45) is 2.29. The molecule has 100 valence electrons. The van der Waals surface area contributed by atoms with Crippen molar-refractivity contribution in [2.24, 2.45) is 5.73 Å². The summed E-state index contributed by atoms with van der Waals surface area (Å²) in [6, 6.07) is 3.09. The second-order valence-electron chi connectivity index (χ2n) is 3.67. The van der Waals surface area contributed by atoms with Gasteiger partial charge in [-0.3, -0.25) is 4.79 Å². The molecule has 0 saturated carbocycles. The van der Waals surface area contributed by atoms with E-state index in [1.165, 1.54) is 12.1 Å². The van der Waals surface area contributed by atoms with Crippen molar-refractivity contribution in [3.8, 4) is 17.2 Å². The number of ether oxygens (including phenoxy) is 3. The lowest BCUT2D eigenvalue weighted by atomic mass is 10.1. The van der Waals surface area contributed by atoms with Crippen molar-refractivity contribution < 1.29 is 28.9 Å². The minimum Gasteiger partial charge on any atom is -0.483 e. The highest BCUT2D eigenvalue weighted by atomic mass is 16.7. The van der Waals surface area contributed by atoms with E-state index in [0.29, 0.717) is 22.8 Å². The number of hydrogen-bond acceptors (Lipinski definition) is 5. The van der Waals surface area contributed by atoms with Crippen LogP contribution in [0.4, 0.5) is 0 Å². The molecule has 1 aromatic carbocycles. The van der Waals surface area contributed by atoms with Crippen LogP contribution in [0.5, 0.6) is 17.2 Å². The summed E-state index contributed by atoms with van der Waals surface area (Å²) in [5.41, 5.74) is 5.45. The molecule has 1 aliphatic heterocycles. The first-order valence-corrected chi connectivity index (χ1v) is 5.32. The van der Waals surface area contributed by atoms with Crippen molar-refractivity contribution in [3.63, 3.8) is 0 Å². The van der Waals surface area contributed by atoms with Crippen molar-refractivity contribution in [1.29, 1.82) is 0 Å². The van der Waals surface area contributed by atoms with Crippen LogP contribution >= 0.6 is 0 Å². The molecule has 1 heterocycles. The highest BCUT2D eigenvalue weighted by Gasteiger charge is 2.17. The van der Waals surface area contributed by atoms with Gasteiger partial charge in [-0.2, -0.15) is 0 Å². The van der Waals surface area contributed by atoms with Crippen LogP contribution in [-0.4, -0.2) is 30.4 Å². The summed E-state index contributed by atoms with van der Waals surface area (Å²) in [7, 11) is 0. The van der Waals surface area contributed by atoms with Crippen LogP contribution in [0.1, 0.15) is 5.56 Å². The Kier molecular flexibility index (Phi) is 3.56. The normalized spacial score (nSPS) is 12.6. The van der Waals surface area contributed by atoms with Crippen LogP contribution in [-0.2, 0) is 9.59 Å². The lowest BCUT2D eigenvalue weighted by molar-refractivity contribution is -0.131. The first-order valence-electron chi connectivity index (χ1n) is 5.32. The van der Waals surface area contributed by atoms with E-state index in [1.807, 2.05) is 0 Å². The number of carboxylic acids is 1. The van der Waals surface area contributed by atoms with E-state index in [1.54, 1.807) is 6.07 Å². The number of nitrogens with two attached hydrogens (primary N) is 1. The number of amides is 1. The third-order valence-corrected chi connectivity index (χ3v) is 2.28. The molecule has 0 saturated heterocycles. The molecule has 0 aliphatic carbocycles. The highest BCUT2D eigenvalue weighted by Crippen LogP contribution is 2.38. The summed E-state index contributed by atoms with van der Waals surface area (Å²) in [4.78, 5) is 21.2. The number of carbonyl (C=O) groups excluding carboxylic acids is 1. The van der Waals surface area contributed by atoms with E-state index in [2.05, 4.69) is 0 Å². The largest absolute Gasteiger partial charge is 0.483 e. The van der Waals surface area contributed by atoms with Gasteiger partial charge in [0.25, 0.3) is 5.91 Å². The van der Waals surface area contributed by atoms with Crippen molar-refractivity contribution in [1.82, 2.24) is 0 Å². The molecule has 7 heteroatoms. The van der Waals surface area contributed by atoms with Gasteiger partial charge >= 0.3 is 5.97 Å². The van der Waals surface area contributed by atoms with E-state index in [9.17, 15) is 9.59 Å². The molecule has 19 heavy (non-hydrogen) atoms. The molecule has 0 radical (unpaired) electrons. The third kappa shape index (κ3) is 3.15. The predicted octanol–water partition coefficient (Wildman–Crippen LogP) is 0.377. The van der Waals surface area contributed by atoms with E-state index in [0.717, 1.165) is 6.08 Å². The zero-order chi connectivity index (χ0) is 13.8. The number of aliphatic carboxylic acids is 1. The summed E-state index contributed by atoms with van der Waals surface area (Å²) >= 11 is 0. The standard InChI is InChI=1S/C12H11NO6/c13-11(14)5-17-8-4-10-9(18-6-19-10)3-7(8)1-2-12(15)16/h1-4H,5-6H2,(H2,13,14)(H,15,16). The minimum atomic E-state index is -1.10. The van der Waals surface area contributed by atoms with Crippen molar-refractivity contribution in [2.75, 3.05) is 13.4 Å². The minimum absolute atomic E-state index is 0.0801. The summed E-state index contributed by atoms with van der Waals surface area (Å²) in [5.74, 6) is -0.492. The highest BCUT2D eigenvalue weighted by molar-refractivity contribution is 5.86. The fourth-order valence-corrected chi connectivity index (χ4v) is 1.50. The van der Waals surface area contributed by atoms with E-state index in [4.69, 9.17) is 25.1 Å². The van der Waals surface area contributed by atoms with E-state index >= 15 is 0 Å². The molecule has 0 atom stereocenters. The molecule has 0 bridgehead atoms. The molecule has 7 nitrogen and oxygen atoms in total. The number of carbonyl (C=O) groups is 2. The molecule has 1 amide bonds. The van der Waals surface area contributed by atoms with Crippen LogP contribution in [0.15, 0.2) is 18.2 Å². The molecular formula is C12H11NO6. The zero-order valence-electron chi connectivity index (χ0n) is 9.79. The fourth-order valence-electron chi connectivity index (χ4n) is 1.50. The molecule has 1 aromatic rings. The SMILES string of the molecule is NC(=O)COc1cc2c(cc1C=CC(=O)O)OCO2. The quantitative estimate of drug-likeness (QED) is 0.745. The van der Waals surface area contributed by atoms with E-state index in [-0.39, 0.29) is 13.4 Å². The Balaban J connectivity index is 2.31. The summed E-state index contributed by atoms with van der Waals surface area (Å²) in [5, 5.41) is 8.62. The van der Waals surface area contributed by atoms with Gasteiger partial charge in [-0.1, -0.05) is 0 Å². The van der Waals surface area contributed by atoms with Gasteiger partial charge in [-0.05, 0) is 12.1 Å². The van der Waals surface area contributed by atoms with Gasteiger partial charge in [-0.25, -0.2) is 4.79 Å². The van der Waals surface area contributed by atoms with Gasteiger partial charge in [0.05, 0.1) is 0 Å².